The van der Waals surface area contributed by atoms with Gasteiger partial charge in [0.2, 0.25) is 0 Å². The normalized spacial score (nSPS) is 16.1. The van der Waals surface area contributed by atoms with Crippen molar-refractivity contribution in [2.24, 2.45) is 4.99 Å². The third-order valence-corrected chi connectivity index (χ3v) is 5.74. The van der Waals surface area contributed by atoms with Crippen LogP contribution < -0.4 is 14.9 Å². The molecular formula is C21H17N3O6S. The van der Waals surface area contributed by atoms with Crippen LogP contribution in [0.2, 0.25) is 0 Å². The Morgan fingerprint density at radius 2 is 2.19 bits per heavy atom. The molecule has 0 amide bonds. The van der Waals surface area contributed by atoms with Crippen LogP contribution in [0.5, 0.6) is 0 Å². The van der Waals surface area contributed by atoms with Crippen molar-refractivity contribution in [1.29, 1.82) is 0 Å². The Kier molecular flexibility index (Phi) is 5.38. The summed E-state index contributed by atoms with van der Waals surface area (Å²) in [7, 11) is 0. The number of non-ortho nitro benzene ring substituents is 1. The van der Waals surface area contributed by atoms with Crippen LogP contribution in [0.1, 0.15) is 31.2 Å². The fourth-order valence-corrected chi connectivity index (χ4v) is 4.39. The molecular weight excluding hydrogens is 422 g/mol. The summed E-state index contributed by atoms with van der Waals surface area (Å²) >= 11 is 1.15. The van der Waals surface area contributed by atoms with Gasteiger partial charge in [-0.05, 0) is 31.5 Å². The van der Waals surface area contributed by atoms with E-state index in [0.29, 0.717) is 26.4 Å². The number of hydrogen-bond donors (Lipinski definition) is 0. The lowest BCUT2D eigenvalue weighted by Gasteiger charge is -2.22. The monoisotopic (exact) mass is 439 g/mol. The number of esters is 1. The molecule has 0 N–H and O–H groups in total. The maximum Gasteiger partial charge on any atom is 0.338 e. The highest BCUT2D eigenvalue weighted by Crippen LogP contribution is 2.33. The van der Waals surface area contributed by atoms with Gasteiger partial charge >= 0.3 is 5.97 Å². The molecule has 0 saturated heterocycles. The Bertz CT molecular complexity index is 1380. The number of nitro benzene ring substituents is 1. The van der Waals surface area contributed by atoms with E-state index in [1.54, 1.807) is 38.1 Å². The SMILES string of the molecule is CCOC(=O)C1=C(C)n2c(s/c(=C/c3ccco3)c2=O)=N[C@H]1c1cccc([N+](=O)[O-])c1. The van der Waals surface area contributed by atoms with Crippen LogP contribution in [0.3, 0.4) is 0 Å². The molecule has 0 unspecified atom stereocenters. The molecule has 3 aromatic rings. The van der Waals surface area contributed by atoms with E-state index in [0.717, 1.165) is 11.3 Å². The lowest BCUT2D eigenvalue weighted by Crippen LogP contribution is -2.35. The van der Waals surface area contributed by atoms with E-state index in [2.05, 4.69) is 4.99 Å². The first-order valence-electron chi connectivity index (χ1n) is 9.38. The molecule has 0 aliphatic carbocycles. The van der Waals surface area contributed by atoms with E-state index in [4.69, 9.17) is 9.15 Å². The van der Waals surface area contributed by atoms with E-state index in [1.165, 1.54) is 29.0 Å². The number of nitro groups is 1. The minimum absolute atomic E-state index is 0.116. The van der Waals surface area contributed by atoms with Crippen molar-refractivity contribution >= 4 is 34.8 Å². The second kappa shape index (κ2) is 8.15. The van der Waals surface area contributed by atoms with Crippen LogP contribution in [0.4, 0.5) is 5.69 Å². The Morgan fingerprint density at radius 3 is 2.87 bits per heavy atom. The summed E-state index contributed by atoms with van der Waals surface area (Å²) in [6.45, 7) is 3.45. The summed E-state index contributed by atoms with van der Waals surface area (Å²) in [5.74, 6) is -0.112. The third-order valence-electron chi connectivity index (χ3n) is 4.75. The summed E-state index contributed by atoms with van der Waals surface area (Å²) < 4.78 is 12.2. The first-order valence-corrected chi connectivity index (χ1v) is 10.2. The van der Waals surface area contributed by atoms with Gasteiger partial charge in [0.1, 0.15) is 16.3 Å². The van der Waals surface area contributed by atoms with Crippen LogP contribution in [0.15, 0.2) is 62.4 Å². The van der Waals surface area contributed by atoms with E-state index in [1.807, 2.05) is 0 Å². The Morgan fingerprint density at radius 1 is 1.39 bits per heavy atom. The van der Waals surface area contributed by atoms with E-state index in [9.17, 15) is 19.7 Å². The summed E-state index contributed by atoms with van der Waals surface area (Å²) in [5.41, 5.74) is 0.548. The minimum Gasteiger partial charge on any atom is -0.465 e. The van der Waals surface area contributed by atoms with Crippen molar-refractivity contribution in [1.82, 2.24) is 4.57 Å². The van der Waals surface area contributed by atoms with Gasteiger partial charge in [0, 0.05) is 23.9 Å². The summed E-state index contributed by atoms with van der Waals surface area (Å²) in [5, 5.41) is 11.2. The zero-order chi connectivity index (χ0) is 22.1. The van der Waals surface area contributed by atoms with Crippen molar-refractivity contribution in [3.05, 3.63) is 89.4 Å². The molecule has 3 heterocycles. The summed E-state index contributed by atoms with van der Waals surface area (Å²) in [4.78, 5) is 41.5. The molecule has 10 heteroatoms. The number of aromatic nitrogens is 1. The van der Waals surface area contributed by atoms with Gasteiger partial charge in [0.05, 0.1) is 23.4 Å². The van der Waals surface area contributed by atoms with Gasteiger partial charge in [-0.25, -0.2) is 9.79 Å². The molecule has 0 saturated carbocycles. The predicted molar refractivity (Wildman–Crippen MR) is 113 cm³/mol. The van der Waals surface area contributed by atoms with Gasteiger partial charge in [-0.2, -0.15) is 0 Å². The second-order valence-corrected chi connectivity index (χ2v) is 7.66. The van der Waals surface area contributed by atoms with Crippen LogP contribution >= 0.6 is 11.3 Å². The molecule has 1 aliphatic heterocycles. The number of hydrogen-bond acceptors (Lipinski definition) is 8. The Labute approximate surface area is 179 Å². The number of carbonyl (C=O) groups is 1. The van der Waals surface area contributed by atoms with Crippen molar-refractivity contribution in [2.75, 3.05) is 6.61 Å². The molecule has 0 fully saturated rings. The molecule has 0 bridgehead atoms. The number of fused-ring (bicyclic) bond motifs is 1. The number of rotatable bonds is 5. The number of nitrogens with zero attached hydrogens (tertiary/aromatic N) is 3. The van der Waals surface area contributed by atoms with Gasteiger partial charge in [0.15, 0.2) is 4.80 Å². The van der Waals surface area contributed by atoms with Crippen LogP contribution in [0.25, 0.3) is 11.8 Å². The first kappa shape index (κ1) is 20.5. The minimum atomic E-state index is -0.839. The van der Waals surface area contributed by atoms with Crippen molar-refractivity contribution in [3.63, 3.8) is 0 Å². The standard InChI is InChI=1S/C21H17N3O6S/c1-3-29-20(26)17-12(2)23-19(25)16(11-15-8-5-9-30-15)31-21(23)22-18(17)13-6-4-7-14(10-13)24(27)28/h4-11,18H,3H2,1-2H3/b16-11+/t18-/m0/s1. The highest BCUT2D eigenvalue weighted by Gasteiger charge is 2.32. The van der Waals surface area contributed by atoms with Crippen LogP contribution in [-0.2, 0) is 9.53 Å². The topological polar surface area (TPSA) is 117 Å². The zero-order valence-electron chi connectivity index (χ0n) is 16.6. The number of thiazole rings is 1. The average molecular weight is 439 g/mol. The first-order chi connectivity index (χ1) is 14.9. The predicted octanol–water partition coefficient (Wildman–Crippen LogP) is 2.41. The molecule has 1 aromatic carbocycles. The maximum atomic E-state index is 13.0. The third kappa shape index (κ3) is 3.73. The molecule has 1 aliphatic rings. The van der Waals surface area contributed by atoms with Crippen LogP contribution in [-0.4, -0.2) is 22.1 Å². The zero-order valence-corrected chi connectivity index (χ0v) is 17.4. The molecule has 31 heavy (non-hydrogen) atoms. The lowest BCUT2D eigenvalue weighted by molar-refractivity contribution is -0.384. The Balaban J connectivity index is 1.96. The van der Waals surface area contributed by atoms with E-state index >= 15 is 0 Å². The van der Waals surface area contributed by atoms with Gasteiger partial charge < -0.3 is 9.15 Å². The summed E-state index contributed by atoms with van der Waals surface area (Å²) in [6.07, 6.45) is 3.11. The van der Waals surface area contributed by atoms with Crippen molar-refractivity contribution < 1.29 is 18.9 Å². The highest BCUT2D eigenvalue weighted by molar-refractivity contribution is 7.07. The van der Waals surface area contributed by atoms with Gasteiger partial charge in [-0.15, -0.1) is 0 Å². The summed E-state index contributed by atoms with van der Waals surface area (Å²) in [6, 6.07) is 8.52. The number of ether oxygens (including phenoxy) is 1. The molecule has 0 spiro atoms. The van der Waals surface area contributed by atoms with Crippen LogP contribution in [0, 0.1) is 10.1 Å². The Hall–Kier alpha value is -3.79. The van der Waals surface area contributed by atoms with Crippen molar-refractivity contribution in [2.45, 2.75) is 19.9 Å². The fraction of sp³-hybridized carbons (Fsp3) is 0.190. The molecule has 1 atom stereocenters. The molecule has 9 nitrogen and oxygen atoms in total. The molecule has 4 rings (SSSR count). The smallest absolute Gasteiger partial charge is 0.338 e. The van der Waals surface area contributed by atoms with E-state index < -0.39 is 16.9 Å². The largest absolute Gasteiger partial charge is 0.465 e. The highest BCUT2D eigenvalue weighted by atomic mass is 32.1. The second-order valence-electron chi connectivity index (χ2n) is 6.65. The fourth-order valence-electron chi connectivity index (χ4n) is 3.37. The molecule has 2 aromatic heterocycles. The van der Waals surface area contributed by atoms with Gasteiger partial charge in [-0.3, -0.25) is 19.5 Å². The number of benzene rings is 1. The van der Waals surface area contributed by atoms with Crippen molar-refractivity contribution in [3.8, 4) is 0 Å². The number of furan rings is 1. The maximum absolute atomic E-state index is 13.0. The van der Waals surface area contributed by atoms with Gasteiger partial charge in [0.25, 0.3) is 11.2 Å². The number of allylic oxidation sites excluding steroid dienone is 1. The average Bonchev–Trinajstić information content (AvgIpc) is 3.36. The lowest BCUT2D eigenvalue weighted by atomic mass is 9.96. The van der Waals surface area contributed by atoms with Gasteiger partial charge in [-0.1, -0.05) is 23.5 Å². The quantitative estimate of drug-likeness (QED) is 0.342. The van der Waals surface area contributed by atoms with E-state index in [-0.39, 0.29) is 23.4 Å². The molecule has 158 valence electrons. The molecule has 0 radical (unpaired) electrons. The number of carbonyl (C=O) groups excluding carboxylic acids is 1.